The van der Waals surface area contributed by atoms with Crippen molar-refractivity contribution in [1.82, 2.24) is 4.98 Å². The van der Waals surface area contributed by atoms with E-state index in [9.17, 15) is 0 Å². The molecule has 0 aliphatic rings. The number of likely N-dealkylation sites (N-methyl/N-ethyl adjacent to an activating group) is 1. The molecule has 4 nitrogen and oxygen atoms in total. The van der Waals surface area contributed by atoms with Crippen LogP contribution in [0.15, 0.2) is 6.20 Å². The lowest BCUT2D eigenvalue weighted by Crippen LogP contribution is -2.20. The minimum Gasteiger partial charge on any atom is -0.383 e. The molecule has 1 aromatic rings. The van der Waals surface area contributed by atoms with Gasteiger partial charge in [-0.3, -0.25) is 0 Å². The van der Waals surface area contributed by atoms with E-state index in [0.29, 0.717) is 11.7 Å². The normalized spacial score (nSPS) is 10.2. The first kappa shape index (κ1) is 9.28. The summed E-state index contributed by atoms with van der Waals surface area (Å²) in [6.07, 6.45) is 1.77. The Balaban J connectivity index is 2.47. The van der Waals surface area contributed by atoms with Crippen molar-refractivity contribution in [2.75, 3.05) is 37.9 Å². The second-order valence-electron chi connectivity index (χ2n) is 2.45. The van der Waals surface area contributed by atoms with E-state index >= 15 is 0 Å². The summed E-state index contributed by atoms with van der Waals surface area (Å²) in [6, 6.07) is 0. The number of hydrogen-bond donors (Lipinski definition) is 1. The molecule has 0 unspecified atom stereocenters. The van der Waals surface area contributed by atoms with Crippen molar-refractivity contribution in [2.45, 2.75) is 0 Å². The molecule has 0 radical (unpaired) electrons. The molecule has 2 N–H and O–H groups in total. The molecule has 0 saturated heterocycles. The number of ether oxygens (including phenoxy) is 1. The second kappa shape index (κ2) is 4.27. The van der Waals surface area contributed by atoms with E-state index in [0.717, 1.165) is 11.5 Å². The number of thiazole rings is 1. The van der Waals surface area contributed by atoms with Gasteiger partial charge in [-0.1, -0.05) is 11.3 Å². The Hall–Kier alpha value is -0.810. The minimum atomic E-state index is 0.606. The van der Waals surface area contributed by atoms with Crippen molar-refractivity contribution >= 4 is 21.5 Å². The van der Waals surface area contributed by atoms with E-state index in [2.05, 4.69) is 9.88 Å². The predicted octanol–water partition coefficient (Wildman–Crippen LogP) is 0.808. The lowest BCUT2D eigenvalue weighted by atomic mass is 10.6. The van der Waals surface area contributed by atoms with Crippen molar-refractivity contribution < 1.29 is 4.74 Å². The Bertz CT molecular complexity index is 238. The number of anilines is 2. The zero-order chi connectivity index (χ0) is 8.97. The average Bonchev–Trinajstić information content (AvgIpc) is 2.47. The Morgan fingerprint density at radius 1 is 1.75 bits per heavy atom. The molecule has 0 amide bonds. The monoisotopic (exact) mass is 187 g/mol. The van der Waals surface area contributed by atoms with E-state index in [4.69, 9.17) is 10.5 Å². The van der Waals surface area contributed by atoms with Gasteiger partial charge in [0.05, 0.1) is 12.8 Å². The number of aromatic nitrogens is 1. The number of rotatable bonds is 4. The van der Waals surface area contributed by atoms with Crippen LogP contribution in [0.5, 0.6) is 0 Å². The molecule has 0 atom stereocenters. The van der Waals surface area contributed by atoms with Crippen LogP contribution in [-0.4, -0.2) is 32.3 Å². The van der Waals surface area contributed by atoms with E-state index in [1.165, 1.54) is 11.3 Å². The van der Waals surface area contributed by atoms with Crippen molar-refractivity contribution in [3.05, 3.63) is 6.20 Å². The smallest absolute Gasteiger partial charge is 0.181 e. The molecular weight excluding hydrogens is 174 g/mol. The molecule has 0 aliphatic heterocycles. The highest BCUT2D eigenvalue weighted by Crippen LogP contribution is 2.23. The van der Waals surface area contributed by atoms with Crippen LogP contribution < -0.4 is 10.6 Å². The summed E-state index contributed by atoms with van der Waals surface area (Å²) in [5.41, 5.74) is 5.49. The number of methoxy groups -OCH3 is 1. The highest BCUT2D eigenvalue weighted by atomic mass is 32.1. The zero-order valence-electron chi connectivity index (χ0n) is 7.28. The molecule has 5 heteroatoms. The fourth-order valence-corrected chi connectivity index (χ4v) is 1.47. The Kier molecular flexibility index (Phi) is 3.31. The van der Waals surface area contributed by atoms with Gasteiger partial charge < -0.3 is 15.4 Å². The molecular formula is C7H13N3OS. The van der Waals surface area contributed by atoms with Gasteiger partial charge in [0.2, 0.25) is 0 Å². The highest BCUT2D eigenvalue weighted by Gasteiger charge is 2.03. The first-order valence-corrected chi connectivity index (χ1v) is 4.47. The largest absolute Gasteiger partial charge is 0.383 e. The fraction of sp³-hybridized carbons (Fsp3) is 0.571. The van der Waals surface area contributed by atoms with E-state index < -0.39 is 0 Å². The molecule has 1 heterocycles. The van der Waals surface area contributed by atoms with Crippen LogP contribution in [0.2, 0.25) is 0 Å². The summed E-state index contributed by atoms with van der Waals surface area (Å²) in [5.74, 6) is 0. The van der Waals surface area contributed by atoms with Crippen molar-refractivity contribution in [2.24, 2.45) is 0 Å². The maximum absolute atomic E-state index is 5.49. The van der Waals surface area contributed by atoms with Gasteiger partial charge >= 0.3 is 0 Å². The summed E-state index contributed by atoms with van der Waals surface area (Å²) in [6.45, 7) is 1.58. The van der Waals surface area contributed by atoms with Crippen LogP contribution in [0, 0.1) is 0 Å². The molecule has 0 bridgehead atoms. The SMILES string of the molecule is COCCN(C)c1cnc(N)s1. The van der Waals surface area contributed by atoms with Gasteiger partial charge in [-0.2, -0.15) is 0 Å². The van der Waals surface area contributed by atoms with Crippen LogP contribution >= 0.6 is 11.3 Å². The van der Waals surface area contributed by atoms with Gasteiger partial charge in [0.15, 0.2) is 5.13 Å². The zero-order valence-corrected chi connectivity index (χ0v) is 8.10. The maximum atomic E-state index is 5.49. The topological polar surface area (TPSA) is 51.4 Å². The van der Waals surface area contributed by atoms with Crippen LogP contribution in [0.4, 0.5) is 10.1 Å². The molecule has 1 rings (SSSR count). The summed E-state index contributed by atoms with van der Waals surface area (Å²) in [4.78, 5) is 6.03. The van der Waals surface area contributed by atoms with Crippen LogP contribution in [0.1, 0.15) is 0 Å². The Morgan fingerprint density at radius 3 is 3.00 bits per heavy atom. The van der Waals surface area contributed by atoms with Crippen LogP contribution in [-0.2, 0) is 4.74 Å². The Labute approximate surface area is 76.0 Å². The van der Waals surface area contributed by atoms with Gasteiger partial charge in [-0.15, -0.1) is 0 Å². The van der Waals surface area contributed by atoms with Crippen LogP contribution in [0.3, 0.4) is 0 Å². The number of nitrogen functional groups attached to an aromatic ring is 1. The lowest BCUT2D eigenvalue weighted by Gasteiger charge is -2.14. The molecule has 0 aromatic carbocycles. The molecule has 12 heavy (non-hydrogen) atoms. The van der Waals surface area contributed by atoms with Gasteiger partial charge in [-0.05, 0) is 0 Å². The standard InChI is InChI=1S/C7H13N3OS/c1-10(3-4-11-2)6-5-9-7(8)12-6/h5H,3-4H2,1-2H3,(H2,8,9). The predicted molar refractivity (Wildman–Crippen MR) is 51.7 cm³/mol. The Morgan fingerprint density at radius 2 is 2.50 bits per heavy atom. The van der Waals surface area contributed by atoms with Gasteiger partial charge in [-0.25, -0.2) is 4.98 Å². The van der Waals surface area contributed by atoms with E-state index in [-0.39, 0.29) is 0 Å². The third kappa shape index (κ3) is 2.35. The second-order valence-corrected chi connectivity index (χ2v) is 3.49. The number of hydrogen-bond acceptors (Lipinski definition) is 5. The van der Waals surface area contributed by atoms with Crippen molar-refractivity contribution in [3.63, 3.8) is 0 Å². The first-order valence-electron chi connectivity index (χ1n) is 3.65. The molecule has 0 aliphatic carbocycles. The molecule has 0 saturated carbocycles. The number of nitrogens with two attached hydrogens (primary N) is 1. The molecule has 0 fully saturated rings. The summed E-state index contributed by atoms with van der Waals surface area (Å²) >= 11 is 1.48. The van der Waals surface area contributed by atoms with E-state index in [1.54, 1.807) is 13.3 Å². The summed E-state index contributed by atoms with van der Waals surface area (Å²) < 4.78 is 4.95. The van der Waals surface area contributed by atoms with Crippen molar-refractivity contribution in [3.8, 4) is 0 Å². The maximum Gasteiger partial charge on any atom is 0.181 e. The third-order valence-electron chi connectivity index (χ3n) is 1.52. The minimum absolute atomic E-state index is 0.606. The summed E-state index contributed by atoms with van der Waals surface area (Å²) in [5, 5.41) is 1.68. The van der Waals surface area contributed by atoms with Gasteiger partial charge in [0.25, 0.3) is 0 Å². The van der Waals surface area contributed by atoms with Gasteiger partial charge in [0.1, 0.15) is 5.00 Å². The van der Waals surface area contributed by atoms with Gasteiger partial charge in [0, 0.05) is 20.7 Å². The molecule has 1 aromatic heterocycles. The van der Waals surface area contributed by atoms with Crippen LogP contribution in [0.25, 0.3) is 0 Å². The first-order chi connectivity index (χ1) is 5.74. The average molecular weight is 187 g/mol. The highest BCUT2D eigenvalue weighted by molar-refractivity contribution is 7.19. The quantitative estimate of drug-likeness (QED) is 0.757. The van der Waals surface area contributed by atoms with Crippen molar-refractivity contribution in [1.29, 1.82) is 0 Å². The summed E-state index contributed by atoms with van der Waals surface area (Å²) in [7, 11) is 3.68. The number of nitrogens with zero attached hydrogens (tertiary/aromatic N) is 2. The molecule has 0 spiro atoms. The van der Waals surface area contributed by atoms with E-state index in [1.807, 2.05) is 7.05 Å². The third-order valence-corrected chi connectivity index (χ3v) is 2.46. The lowest BCUT2D eigenvalue weighted by molar-refractivity contribution is 0.206. The fourth-order valence-electron chi connectivity index (χ4n) is 0.794. The molecule has 68 valence electrons.